The highest BCUT2D eigenvalue weighted by molar-refractivity contribution is 5.94. The van der Waals surface area contributed by atoms with E-state index in [2.05, 4.69) is 0 Å². The van der Waals surface area contributed by atoms with Crippen molar-refractivity contribution in [1.82, 2.24) is 0 Å². The van der Waals surface area contributed by atoms with Crippen LogP contribution in [-0.4, -0.2) is 23.5 Å². The number of carboxylic acid groups (broad SMARTS) is 1. The molecule has 0 saturated carbocycles. The Labute approximate surface area is 136 Å². The van der Waals surface area contributed by atoms with Gasteiger partial charge in [-0.2, -0.15) is 0 Å². The number of hydrogen-bond acceptors (Lipinski definition) is 2. The van der Waals surface area contributed by atoms with Crippen molar-refractivity contribution in [3.8, 4) is 0 Å². The third kappa shape index (κ3) is 4.68. The molecule has 0 bridgehead atoms. The lowest BCUT2D eigenvalue weighted by molar-refractivity contribution is -0.137. The molecule has 4 heteroatoms. The highest BCUT2D eigenvalue weighted by atomic mass is 16.4. The topological polar surface area (TPSA) is 57.6 Å². The molecule has 0 aliphatic carbocycles. The molecule has 23 heavy (non-hydrogen) atoms. The van der Waals surface area contributed by atoms with Crippen LogP contribution in [0.3, 0.4) is 0 Å². The molecule has 4 nitrogen and oxygen atoms in total. The molecule has 0 fully saturated rings. The molecule has 120 valence electrons. The molecule has 0 aliphatic rings. The molecule has 0 aromatic heterocycles. The van der Waals surface area contributed by atoms with Crippen LogP contribution in [0, 0.1) is 0 Å². The Balaban J connectivity index is 2.18. The van der Waals surface area contributed by atoms with Crippen LogP contribution >= 0.6 is 0 Å². The fourth-order valence-corrected chi connectivity index (χ4v) is 2.68. The standard InChI is InChI=1S/C19H21NO3/c1-2-20(17-11-7-4-8-12-17)18(21)13-16(14-19(22)23)15-9-5-3-6-10-15/h3-12,16H,2,13-14H2,1H3,(H,22,23). The summed E-state index contributed by atoms with van der Waals surface area (Å²) in [6.07, 6.45) is 0.126. The average Bonchev–Trinajstić information content (AvgIpc) is 2.56. The summed E-state index contributed by atoms with van der Waals surface area (Å²) in [5, 5.41) is 9.15. The van der Waals surface area contributed by atoms with Crippen LogP contribution in [0.25, 0.3) is 0 Å². The van der Waals surface area contributed by atoms with Crippen molar-refractivity contribution in [2.24, 2.45) is 0 Å². The van der Waals surface area contributed by atoms with Gasteiger partial charge in [0.2, 0.25) is 5.91 Å². The predicted molar refractivity (Wildman–Crippen MR) is 90.5 cm³/mol. The van der Waals surface area contributed by atoms with Crippen molar-refractivity contribution in [3.05, 3.63) is 66.2 Å². The molecule has 2 aromatic carbocycles. The fourth-order valence-electron chi connectivity index (χ4n) is 2.68. The zero-order valence-electron chi connectivity index (χ0n) is 13.2. The van der Waals surface area contributed by atoms with Crippen molar-refractivity contribution >= 4 is 17.6 Å². The first-order valence-corrected chi connectivity index (χ1v) is 7.74. The maximum Gasteiger partial charge on any atom is 0.303 e. The van der Waals surface area contributed by atoms with Crippen LogP contribution in [0.4, 0.5) is 5.69 Å². The molecule has 0 saturated heterocycles. The second-order valence-corrected chi connectivity index (χ2v) is 5.38. The van der Waals surface area contributed by atoms with E-state index in [1.807, 2.05) is 67.6 Å². The van der Waals surface area contributed by atoms with Gasteiger partial charge in [0.25, 0.3) is 0 Å². The van der Waals surface area contributed by atoms with Crippen LogP contribution in [0.5, 0.6) is 0 Å². The summed E-state index contributed by atoms with van der Waals surface area (Å²) in [5.74, 6) is -1.28. The number of carbonyl (C=O) groups excluding carboxylic acids is 1. The van der Waals surface area contributed by atoms with Crippen molar-refractivity contribution in [1.29, 1.82) is 0 Å². The zero-order chi connectivity index (χ0) is 16.7. The molecule has 1 amide bonds. The fraction of sp³-hybridized carbons (Fsp3) is 0.263. The van der Waals surface area contributed by atoms with Crippen molar-refractivity contribution in [2.45, 2.75) is 25.7 Å². The largest absolute Gasteiger partial charge is 0.481 e. The van der Waals surface area contributed by atoms with Gasteiger partial charge < -0.3 is 10.0 Å². The summed E-state index contributed by atoms with van der Waals surface area (Å²) in [6.45, 7) is 2.47. The number of benzene rings is 2. The molecule has 0 aliphatic heterocycles. The predicted octanol–water partition coefficient (Wildman–Crippen LogP) is 3.69. The monoisotopic (exact) mass is 311 g/mol. The van der Waals surface area contributed by atoms with Gasteiger partial charge in [0.05, 0.1) is 6.42 Å². The van der Waals surface area contributed by atoms with Crippen LogP contribution in [0.1, 0.15) is 31.2 Å². The zero-order valence-corrected chi connectivity index (χ0v) is 13.2. The molecule has 2 rings (SSSR count). The number of para-hydroxylation sites is 1. The molecule has 0 heterocycles. The molecule has 2 aromatic rings. The summed E-state index contributed by atoms with van der Waals surface area (Å²) >= 11 is 0. The molecule has 0 radical (unpaired) electrons. The maximum atomic E-state index is 12.7. The Kier molecular flexibility index (Phi) is 5.92. The molecular weight excluding hydrogens is 290 g/mol. The molecular formula is C19H21NO3. The quantitative estimate of drug-likeness (QED) is 0.848. The van der Waals surface area contributed by atoms with Crippen LogP contribution in [0.15, 0.2) is 60.7 Å². The highest BCUT2D eigenvalue weighted by Crippen LogP contribution is 2.26. The SMILES string of the molecule is CCN(C(=O)CC(CC(=O)O)c1ccccc1)c1ccccc1. The minimum atomic E-state index is -0.894. The third-order valence-electron chi connectivity index (χ3n) is 3.80. The summed E-state index contributed by atoms with van der Waals surface area (Å²) in [6, 6.07) is 18.8. The first-order chi connectivity index (χ1) is 11.1. The van der Waals surface area contributed by atoms with Gasteiger partial charge in [-0.15, -0.1) is 0 Å². The van der Waals surface area contributed by atoms with E-state index in [0.717, 1.165) is 11.3 Å². The molecule has 0 spiro atoms. The lowest BCUT2D eigenvalue weighted by Gasteiger charge is -2.24. The van der Waals surface area contributed by atoms with E-state index in [4.69, 9.17) is 5.11 Å². The van der Waals surface area contributed by atoms with E-state index in [1.165, 1.54) is 0 Å². The van der Waals surface area contributed by atoms with Crippen molar-refractivity contribution in [2.75, 3.05) is 11.4 Å². The highest BCUT2D eigenvalue weighted by Gasteiger charge is 2.22. The van der Waals surface area contributed by atoms with E-state index in [1.54, 1.807) is 4.90 Å². The number of aliphatic carboxylic acids is 1. The van der Waals surface area contributed by atoms with E-state index in [-0.39, 0.29) is 24.7 Å². The lowest BCUT2D eigenvalue weighted by Crippen LogP contribution is -2.32. The van der Waals surface area contributed by atoms with Gasteiger partial charge in [0.1, 0.15) is 0 Å². The maximum absolute atomic E-state index is 12.7. The molecule has 1 unspecified atom stereocenters. The van der Waals surface area contributed by atoms with Gasteiger partial charge in [-0.25, -0.2) is 0 Å². The van der Waals surface area contributed by atoms with E-state index < -0.39 is 5.97 Å². The number of carbonyl (C=O) groups is 2. The third-order valence-corrected chi connectivity index (χ3v) is 3.80. The van der Waals surface area contributed by atoms with Gasteiger partial charge in [0.15, 0.2) is 0 Å². The van der Waals surface area contributed by atoms with E-state index in [9.17, 15) is 9.59 Å². The van der Waals surface area contributed by atoms with Gasteiger partial charge in [-0.1, -0.05) is 48.5 Å². The summed E-state index contributed by atoms with van der Waals surface area (Å²) in [4.78, 5) is 25.5. The second-order valence-electron chi connectivity index (χ2n) is 5.38. The second kappa shape index (κ2) is 8.13. The van der Waals surface area contributed by atoms with Gasteiger partial charge in [0, 0.05) is 24.6 Å². The summed E-state index contributed by atoms with van der Waals surface area (Å²) < 4.78 is 0. The Morgan fingerprint density at radius 2 is 1.52 bits per heavy atom. The van der Waals surface area contributed by atoms with Gasteiger partial charge >= 0.3 is 5.97 Å². The number of rotatable bonds is 7. The summed E-state index contributed by atoms with van der Waals surface area (Å²) in [7, 11) is 0. The Morgan fingerprint density at radius 3 is 2.04 bits per heavy atom. The Bertz CT molecular complexity index is 640. The van der Waals surface area contributed by atoms with Crippen LogP contribution in [0.2, 0.25) is 0 Å². The summed E-state index contributed by atoms with van der Waals surface area (Å²) in [5.41, 5.74) is 1.72. The first-order valence-electron chi connectivity index (χ1n) is 7.74. The number of carboxylic acids is 1. The number of amides is 1. The number of nitrogens with zero attached hydrogens (tertiary/aromatic N) is 1. The number of hydrogen-bond donors (Lipinski definition) is 1. The smallest absolute Gasteiger partial charge is 0.303 e. The van der Waals surface area contributed by atoms with Gasteiger partial charge in [-0.05, 0) is 24.6 Å². The van der Waals surface area contributed by atoms with E-state index >= 15 is 0 Å². The lowest BCUT2D eigenvalue weighted by atomic mass is 9.92. The normalized spacial score (nSPS) is 11.7. The minimum absolute atomic E-state index is 0.0535. The van der Waals surface area contributed by atoms with Gasteiger partial charge in [-0.3, -0.25) is 9.59 Å². The van der Waals surface area contributed by atoms with Crippen molar-refractivity contribution in [3.63, 3.8) is 0 Å². The average molecular weight is 311 g/mol. The first kappa shape index (κ1) is 16.7. The molecule has 1 N–H and O–H groups in total. The number of anilines is 1. The van der Waals surface area contributed by atoms with E-state index in [0.29, 0.717) is 6.54 Å². The minimum Gasteiger partial charge on any atom is -0.481 e. The Hall–Kier alpha value is -2.62. The Morgan fingerprint density at radius 1 is 0.957 bits per heavy atom. The van der Waals surface area contributed by atoms with Crippen LogP contribution in [-0.2, 0) is 9.59 Å². The van der Waals surface area contributed by atoms with Crippen LogP contribution < -0.4 is 4.90 Å². The molecule has 1 atom stereocenters. The van der Waals surface area contributed by atoms with Crippen molar-refractivity contribution < 1.29 is 14.7 Å².